The van der Waals surface area contributed by atoms with Crippen LogP contribution < -0.4 is 10.6 Å². The van der Waals surface area contributed by atoms with Crippen LogP contribution in [0.15, 0.2) is 0 Å². The van der Waals surface area contributed by atoms with Crippen molar-refractivity contribution < 1.29 is 90.2 Å². The van der Waals surface area contributed by atoms with E-state index in [0.717, 1.165) is 13.8 Å². The zero-order valence-corrected chi connectivity index (χ0v) is 26.7. The minimum Gasteiger partial charge on any atom is -0.394 e. The second kappa shape index (κ2) is 15.7. The number of carbonyl (C=O) groups is 2. The highest BCUT2D eigenvalue weighted by Crippen LogP contribution is 2.45. The third-order valence-electron chi connectivity index (χ3n) is 9.20. The van der Waals surface area contributed by atoms with E-state index in [0.29, 0.717) is 0 Å². The van der Waals surface area contributed by atoms with Crippen LogP contribution in [0, 0.1) is 0 Å². The number of hydrogen-bond acceptors (Lipinski definition) is 18. The molecule has 0 saturated carbocycles. The van der Waals surface area contributed by atoms with Gasteiger partial charge >= 0.3 is 0 Å². The van der Waals surface area contributed by atoms with Crippen molar-refractivity contribution >= 4 is 11.8 Å². The highest BCUT2D eigenvalue weighted by molar-refractivity contribution is 5.73. The fourth-order valence-electron chi connectivity index (χ4n) is 6.76. The van der Waals surface area contributed by atoms with Crippen LogP contribution in [0.3, 0.4) is 0 Å². The van der Waals surface area contributed by atoms with E-state index in [1.165, 1.54) is 6.92 Å². The maximum absolute atomic E-state index is 12.0. The molecule has 3 fully saturated rings. The number of hydrogen-bond donors (Lipinski definition) is 15. The van der Waals surface area contributed by atoms with Gasteiger partial charge < -0.3 is 91.2 Å². The van der Waals surface area contributed by atoms with Crippen LogP contribution in [0.5, 0.6) is 0 Å². The van der Waals surface area contributed by atoms with E-state index in [1.807, 2.05) is 0 Å². The van der Waals surface area contributed by atoms with Gasteiger partial charge in [0.05, 0.1) is 49.7 Å². The molecule has 0 spiro atoms. The fraction of sp³-hybridized carbons (Fsp3) is 0.929. The van der Waals surface area contributed by atoms with Gasteiger partial charge in [0, 0.05) is 39.5 Å². The van der Waals surface area contributed by atoms with E-state index in [4.69, 9.17) is 14.2 Å². The summed E-state index contributed by atoms with van der Waals surface area (Å²) in [5, 5.41) is 144. The lowest BCUT2D eigenvalue weighted by atomic mass is 9.73. The Labute approximate surface area is 275 Å². The highest BCUT2D eigenvalue weighted by Gasteiger charge is 2.62. The van der Waals surface area contributed by atoms with Gasteiger partial charge in [-0.1, -0.05) is 0 Å². The lowest BCUT2D eigenvalue weighted by Crippen LogP contribution is -2.72. The Kier molecular flexibility index (Phi) is 13.3. The van der Waals surface area contributed by atoms with Crippen molar-refractivity contribution in [1.29, 1.82) is 0 Å². The zero-order valence-electron chi connectivity index (χ0n) is 26.7. The van der Waals surface area contributed by atoms with Crippen LogP contribution in [-0.2, 0) is 23.8 Å². The molecule has 0 aromatic carbocycles. The van der Waals surface area contributed by atoms with Crippen molar-refractivity contribution in [3.63, 3.8) is 0 Å². The third-order valence-corrected chi connectivity index (χ3v) is 9.20. The van der Waals surface area contributed by atoms with Crippen LogP contribution >= 0.6 is 0 Å². The van der Waals surface area contributed by atoms with E-state index in [1.54, 1.807) is 0 Å². The molecule has 0 radical (unpaired) electrons. The van der Waals surface area contributed by atoms with Gasteiger partial charge in [0.2, 0.25) is 11.8 Å². The van der Waals surface area contributed by atoms with E-state index in [9.17, 15) is 76.0 Å². The van der Waals surface area contributed by atoms with Crippen molar-refractivity contribution in [1.82, 2.24) is 10.6 Å². The Morgan fingerprint density at radius 1 is 0.771 bits per heavy atom. The summed E-state index contributed by atoms with van der Waals surface area (Å²) >= 11 is 0. The van der Waals surface area contributed by atoms with Crippen molar-refractivity contribution in [2.75, 3.05) is 13.2 Å². The van der Waals surface area contributed by atoms with Gasteiger partial charge in [-0.05, 0) is 6.92 Å². The molecule has 20 nitrogen and oxygen atoms in total. The molecule has 0 aromatic heterocycles. The summed E-state index contributed by atoms with van der Waals surface area (Å²) in [5.74, 6) is -6.68. The van der Waals surface area contributed by atoms with Crippen LogP contribution in [0.2, 0.25) is 0 Å². The fourth-order valence-corrected chi connectivity index (χ4v) is 6.76. The molecule has 0 aliphatic carbocycles. The third kappa shape index (κ3) is 8.77. The summed E-state index contributed by atoms with van der Waals surface area (Å²) in [5.41, 5.74) is -2.80. The van der Waals surface area contributed by atoms with Gasteiger partial charge in [-0.2, -0.15) is 0 Å². The monoisotopic (exact) mass is 702 g/mol. The number of aliphatic hydroxyl groups is 13. The van der Waals surface area contributed by atoms with Gasteiger partial charge in [-0.25, -0.2) is 0 Å². The minimum absolute atomic E-state index is 0.682. The molecule has 3 saturated heterocycles. The molecular weight excluding hydrogens is 652 g/mol. The minimum atomic E-state index is -2.80. The maximum Gasteiger partial charge on any atom is 0.217 e. The molecular formula is C28H50N2O18. The molecule has 2 amide bonds. The molecule has 17 atom stereocenters. The van der Waals surface area contributed by atoms with Crippen LogP contribution in [0.1, 0.15) is 46.5 Å². The number of rotatable bonds is 12. The smallest absolute Gasteiger partial charge is 0.217 e. The van der Waals surface area contributed by atoms with Gasteiger partial charge in [0.1, 0.15) is 54.4 Å². The van der Waals surface area contributed by atoms with Gasteiger partial charge in [0.15, 0.2) is 11.6 Å². The SMILES string of the molecule is CC(=O)N[C@H]1[C@H]([C@H](O)[C@H](O)CO)O[C@](O)(C[C@]2(O)C(C[C@]3(O)C[C@H](O)[C@@H](NC(C)=O)[C@H]([C@H](O)[C@H](O)CO)O3)O[C@H](C)[C@H](O)[C@@H]2O)C[C@@H]1O. The number of aliphatic hydroxyl groups excluding tert-OH is 10. The van der Waals surface area contributed by atoms with Crippen molar-refractivity contribution in [3.05, 3.63) is 0 Å². The first-order valence-electron chi connectivity index (χ1n) is 15.5. The summed E-state index contributed by atoms with van der Waals surface area (Å²) < 4.78 is 17.1. The molecule has 3 aliphatic rings. The Balaban J connectivity index is 1.99. The molecule has 1 unspecified atom stereocenters. The Bertz CT molecular complexity index is 1110. The topological polar surface area (TPSA) is 349 Å². The molecule has 15 N–H and O–H groups in total. The van der Waals surface area contributed by atoms with Gasteiger partial charge in [-0.3, -0.25) is 9.59 Å². The first-order chi connectivity index (χ1) is 22.1. The first kappa shape index (κ1) is 40.7. The summed E-state index contributed by atoms with van der Waals surface area (Å²) in [6, 6.07) is -2.86. The Hall–Kier alpha value is -1.70. The summed E-state index contributed by atoms with van der Waals surface area (Å²) in [6.45, 7) is 1.49. The van der Waals surface area contributed by atoms with Gasteiger partial charge in [0.25, 0.3) is 0 Å². The molecule has 0 aromatic rings. The average molecular weight is 703 g/mol. The second-order valence-electron chi connectivity index (χ2n) is 13.2. The number of ether oxygens (including phenoxy) is 3. The van der Waals surface area contributed by atoms with Crippen LogP contribution in [0.25, 0.3) is 0 Å². The predicted molar refractivity (Wildman–Crippen MR) is 155 cm³/mol. The standard InChI is InChI=1S/C28H50N2O18/c1-10-20(39)25(42)28(45,9-27(44)5-14(36)19(30-12(3)34)24(48-27)22(41)16(38)8-32)17(46-10)6-26(43)4-13(35)18(29-11(2)33)23(47-26)21(40)15(37)7-31/h10,13-25,31-32,35-45H,4-9H2,1-3H3,(H,29,33)(H,30,34)/t10-,13+,14+,15-,16-,17?,18-,19-,20+,21-,22-,23-,24-,25+,26+,27+,28+/m1/s1. The first-order valence-corrected chi connectivity index (χ1v) is 15.5. The zero-order chi connectivity index (χ0) is 36.5. The number of amides is 2. The molecule has 20 heteroatoms. The quantitative estimate of drug-likeness (QED) is 0.0897. The average Bonchev–Trinajstić information content (AvgIpc) is 2.99. The Morgan fingerprint density at radius 3 is 1.60 bits per heavy atom. The van der Waals surface area contributed by atoms with Gasteiger partial charge in [-0.15, -0.1) is 0 Å². The largest absolute Gasteiger partial charge is 0.394 e. The molecule has 3 aliphatic heterocycles. The molecule has 280 valence electrons. The van der Waals surface area contributed by atoms with E-state index < -0.39 is 153 Å². The van der Waals surface area contributed by atoms with E-state index in [-0.39, 0.29) is 0 Å². The van der Waals surface area contributed by atoms with E-state index in [2.05, 4.69) is 10.6 Å². The normalized spacial score (nSPS) is 44.7. The van der Waals surface area contributed by atoms with Crippen molar-refractivity contribution in [2.24, 2.45) is 0 Å². The highest BCUT2D eigenvalue weighted by atomic mass is 16.7. The Morgan fingerprint density at radius 2 is 1.19 bits per heavy atom. The van der Waals surface area contributed by atoms with Crippen molar-refractivity contribution in [3.8, 4) is 0 Å². The molecule has 0 bridgehead atoms. The van der Waals surface area contributed by atoms with E-state index >= 15 is 0 Å². The second-order valence-corrected chi connectivity index (χ2v) is 13.2. The summed E-state index contributed by atoms with van der Waals surface area (Å²) in [6.07, 6.45) is -25.3. The summed E-state index contributed by atoms with van der Waals surface area (Å²) in [4.78, 5) is 23.6. The molecule has 3 rings (SSSR count). The van der Waals surface area contributed by atoms with Crippen LogP contribution in [-0.4, -0.2) is 194 Å². The van der Waals surface area contributed by atoms with Crippen LogP contribution in [0.4, 0.5) is 0 Å². The number of nitrogens with one attached hydrogen (secondary N) is 2. The maximum atomic E-state index is 12.0. The lowest BCUT2D eigenvalue weighted by Gasteiger charge is -2.55. The summed E-state index contributed by atoms with van der Waals surface area (Å²) in [7, 11) is 0. The molecule has 48 heavy (non-hydrogen) atoms. The predicted octanol–water partition coefficient (Wildman–Crippen LogP) is -7.88. The number of carbonyl (C=O) groups excluding carboxylic acids is 2. The van der Waals surface area contributed by atoms with Crippen molar-refractivity contribution in [2.45, 2.75) is 149 Å². The molecule has 3 heterocycles. The lowest BCUT2D eigenvalue weighted by molar-refractivity contribution is -0.359.